The molecule has 0 fully saturated rings. The van der Waals surface area contributed by atoms with Gasteiger partial charge in [-0.2, -0.15) is 0 Å². The molecular weight excluding hydrogens is 390 g/mol. The highest BCUT2D eigenvalue weighted by atomic mass is 79.9. The third-order valence-corrected chi connectivity index (χ3v) is 4.33. The summed E-state index contributed by atoms with van der Waals surface area (Å²) in [5.74, 6) is 0.870. The van der Waals surface area contributed by atoms with Crippen LogP contribution in [0.1, 0.15) is 30.0 Å². The molecule has 132 valence electrons. The Morgan fingerprint density at radius 1 is 1.17 bits per heavy atom. The van der Waals surface area contributed by atoms with Crippen molar-refractivity contribution in [1.29, 1.82) is 0 Å². The molecule has 0 aliphatic carbocycles. The van der Waals surface area contributed by atoms with Crippen LogP contribution in [0.5, 0.6) is 5.75 Å². The van der Waals surface area contributed by atoms with Gasteiger partial charge in [0.2, 0.25) is 0 Å². The molecule has 0 heterocycles. The Morgan fingerprint density at radius 2 is 1.88 bits per heavy atom. The lowest BCUT2D eigenvalue weighted by Gasteiger charge is -2.17. The minimum absolute atomic E-state index is 0. The van der Waals surface area contributed by atoms with Crippen molar-refractivity contribution in [2.75, 3.05) is 6.61 Å². The summed E-state index contributed by atoms with van der Waals surface area (Å²) in [5, 5.41) is 12.7. The molecule has 2 N–H and O–H groups in total. The van der Waals surface area contributed by atoms with E-state index >= 15 is 0 Å². The minimum atomic E-state index is 0. The summed E-state index contributed by atoms with van der Waals surface area (Å²) in [7, 11) is 0. The van der Waals surface area contributed by atoms with Crippen LogP contribution in [0, 0.1) is 6.92 Å². The standard InChI is InChI=1S/C19H24BrNO2.ClH/c1-3-18(12-22)21-11-16-10-17(20)8-9-19(16)23-13-15-6-4-14(2)5-7-15;/h4-10,18,21-22H,3,11-13H2,1-2H3;1H. The van der Waals surface area contributed by atoms with Crippen molar-refractivity contribution in [3.05, 3.63) is 63.6 Å². The van der Waals surface area contributed by atoms with Gasteiger partial charge in [-0.1, -0.05) is 52.7 Å². The maximum Gasteiger partial charge on any atom is 0.124 e. The third-order valence-electron chi connectivity index (χ3n) is 3.83. The Kier molecular flexibility index (Phi) is 9.37. The molecule has 2 aromatic rings. The van der Waals surface area contributed by atoms with Gasteiger partial charge in [0.05, 0.1) is 6.61 Å². The molecule has 0 saturated carbocycles. The quantitative estimate of drug-likeness (QED) is 0.662. The molecule has 0 aliphatic rings. The van der Waals surface area contributed by atoms with Crippen LogP contribution >= 0.6 is 28.3 Å². The van der Waals surface area contributed by atoms with Gasteiger partial charge < -0.3 is 15.2 Å². The lowest BCUT2D eigenvalue weighted by atomic mass is 10.1. The molecule has 1 unspecified atom stereocenters. The molecular formula is C19H25BrClNO2. The highest BCUT2D eigenvalue weighted by molar-refractivity contribution is 9.10. The van der Waals surface area contributed by atoms with E-state index in [0.717, 1.165) is 27.8 Å². The zero-order chi connectivity index (χ0) is 16.7. The van der Waals surface area contributed by atoms with Crippen molar-refractivity contribution >= 4 is 28.3 Å². The van der Waals surface area contributed by atoms with E-state index in [1.807, 2.05) is 12.1 Å². The lowest BCUT2D eigenvalue weighted by molar-refractivity contribution is 0.237. The predicted octanol–water partition coefficient (Wildman–Crippen LogP) is 4.62. The molecule has 0 bridgehead atoms. The number of benzene rings is 2. The second kappa shape index (κ2) is 10.7. The Hall–Kier alpha value is -1.07. The first kappa shape index (κ1) is 21.0. The van der Waals surface area contributed by atoms with Crippen molar-refractivity contribution in [2.45, 2.75) is 39.5 Å². The van der Waals surface area contributed by atoms with Crippen LogP contribution in [-0.4, -0.2) is 17.8 Å². The van der Waals surface area contributed by atoms with Crippen molar-refractivity contribution in [2.24, 2.45) is 0 Å². The number of rotatable bonds is 8. The van der Waals surface area contributed by atoms with Crippen molar-refractivity contribution < 1.29 is 9.84 Å². The first-order chi connectivity index (χ1) is 11.1. The molecule has 0 aliphatic heterocycles. The second-order valence-corrected chi connectivity index (χ2v) is 6.61. The molecule has 0 amide bonds. The van der Waals surface area contributed by atoms with E-state index in [0.29, 0.717) is 13.2 Å². The number of aliphatic hydroxyl groups excluding tert-OH is 1. The largest absolute Gasteiger partial charge is 0.489 e. The Labute approximate surface area is 159 Å². The van der Waals surface area contributed by atoms with Crippen LogP contribution in [0.2, 0.25) is 0 Å². The molecule has 24 heavy (non-hydrogen) atoms. The topological polar surface area (TPSA) is 41.5 Å². The number of aryl methyl sites for hydroxylation is 1. The molecule has 3 nitrogen and oxygen atoms in total. The van der Waals surface area contributed by atoms with Gasteiger partial charge in [-0.05, 0) is 37.1 Å². The van der Waals surface area contributed by atoms with E-state index in [2.05, 4.69) is 65.4 Å². The zero-order valence-electron chi connectivity index (χ0n) is 14.1. The second-order valence-electron chi connectivity index (χ2n) is 5.69. The Morgan fingerprint density at radius 3 is 2.50 bits per heavy atom. The number of hydrogen-bond donors (Lipinski definition) is 2. The van der Waals surface area contributed by atoms with Gasteiger partial charge in [0, 0.05) is 22.6 Å². The summed E-state index contributed by atoms with van der Waals surface area (Å²) < 4.78 is 7.02. The van der Waals surface area contributed by atoms with Gasteiger partial charge in [0.1, 0.15) is 12.4 Å². The highest BCUT2D eigenvalue weighted by Gasteiger charge is 2.09. The van der Waals surface area contributed by atoms with E-state index in [1.54, 1.807) is 0 Å². The minimum Gasteiger partial charge on any atom is -0.489 e. The van der Waals surface area contributed by atoms with Crippen LogP contribution in [0.25, 0.3) is 0 Å². The van der Waals surface area contributed by atoms with Crippen LogP contribution in [0.4, 0.5) is 0 Å². The highest BCUT2D eigenvalue weighted by Crippen LogP contribution is 2.24. The van der Waals surface area contributed by atoms with E-state index in [4.69, 9.17) is 4.74 Å². The van der Waals surface area contributed by atoms with E-state index in [1.165, 1.54) is 5.56 Å². The summed E-state index contributed by atoms with van der Waals surface area (Å²) >= 11 is 3.51. The molecule has 0 radical (unpaired) electrons. The molecule has 5 heteroatoms. The zero-order valence-corrected chi connectivity index (χ0v) is 16.5. The smallest absolute Gasteiger partial charge is 0.124 e. The van der Waals surface area contributed by atoms with Gasteiger partial charge in [-0.25, -0.2) is 0 Å². The van der Waals surface area contributed by atoms with Gasteiger partial charge in [-0.15, -0.1) is 12.4 Å². The van der Waals surface area contributed by atoms with Crippen molar-refractivity contribution in [3.8, 4) is 5.75 Å². The van der Waals surface area contributed by atoms with E-state index in [-0.39, 0.29) is 25.1 Å². The Balaban J connectivity index is 0.00000288. The normalized spacial score (nSPS) is 11.7. The van der Waals surface area contributed by atoms with Gasteiger partial charge in [-0.3, -0.25) is 0 Å². The summed E-state index contributed by atoms with van der Waals surface area (Å²) in [6.45, 7) is 5.50. The molecule has 0 aromatic heterocycles. The van der Waals surface area contributed by atoms with Crippen LogP contribution in [-0.2, 0) is 13.2 Å². The number of hydrogen-bond acceptors (Lipinski definition) is 3. The molecule has 0 spiro atoms. The Bertz CT molecular complexity index is 615. The van der Waals surface area contributed by atoms with Gasteiger partial charge in [0.25, 0.3) is 0 Å². The number of halogens is 2. The van der Waals surface area contributed by atoms with E-state index < -0.39 is 0 Å². The van der Waals surface area contributed by atoms with Gasteiger partial charge >= 0.3 is 0 Å². The van der Waals surface area contributed by atoms with Gasteiger partial charge in [0.15, 0.2) is 0 Å². The van der Waals surface area contributed by atoms with E-state index in [9.17, 15) is 5.11 Å². The number of nitrogens with one attached hydrogen (secondary N) is 1. The van der Waals surface area contributed by atoms with Crippen molar-refractivity contribution in [3.63, 3.8) is 0 Å². The fraction of sp³-hybridized carbons (Fsp3) is 0.368. The fourth-order valence-corrected chi connectivity index (χ4v) is 2.67. The van der Waals surface area contributed by atoms with Crippen molar-refractivity contribution in [1.82, 2.24) is 5.32 Å². The average Bonchev–Trinajstić information content (AvgIpc) is 2.56. The predicted molar refractivity (Wildman–Crippen MR) is 105 cm³/mol. The molecule has 1 atom stereocenters. The average molecular weight is 415 g/mol. The van der Waals surface area contributed by atoms with Crippen LogP contribution < -0.4 is 10.1 Å². The number of aliphatic hydroxyl groups is 1. The fourth-order valence-electron chi connectivity index (χ4n) is 2.26. The summed E-state index contributed by atoms with van der Waals surface area (Å²) in [5.41, 5.74) is 3.48. The summed E-state index contributed by atoms with van der Waals surface area (Å²) in [4.78, 5) is 0. The summed E-state index contributed by atoms with van der Waals surface area (Å²) in [6, 6.07) is 14.5. The number of ether oxygens (including phenoxy) is 1. The maximum absolute atomic E-state index is 9.30. The molecule has 2 rings (SSSR count). The first-order valence-corrected chi connectivity index (χ1v) is 8.72. The monoisotopic (exact) mass is 413 g/mol. The van der Waals surface area contributed by atoms with Crippen LogP contribution in [0.3, 0.4) is 0 Å². The SMILES string of the molecule is CCC(CO)NCc1cc(Br)ccc1OCc1ccc(C)cc1.Cl. The summed E-state index contributed by atoms with van der Waals surface area (Å²) in [6.07, 6.45) is 0.893. The lowest BCUT2D eigenvalue weighted by Crippen LogP contribution is -2.31. The molecule has 2 aromatic carbocycles. The maximum atomic E-state index is 9.30. The molecule has 0 saturated heterocycles. The van der Waals surface area contributed by atoms with Crippen LogP contribution in [0.15, 0.2) is 46.9 Å². The third kappa shape index (κ3) is 6.44. The first-order valence-electron chi connectivity index (χ1n) is 7.93.